The molecule has 1 fully saturated rings. The molecule has 0 aromatic carbocycles. The summed E-state index contributed by atoms with van der Waals surface area (Å²) in [5.74, 6) is 0. The van der Waals surface area contributed by atoms with Crippen LogP contribution in [0, 0.1) is 0 Å². The van der Waals surface area contributed by atoms with Gasteiger partial charge in [-0.25, -0.2) is 4.72 Å². The Morgan fingerprint density at radius 3 is 2.95 bits per heavy atom. The number of piperidine rings is 1. The van der Waals surface area contributed by atoms with E-state index in [1.807, 2.05) is 19.2 Å². The molecule has 120 valence electrons. The highest BCUT2D eigenvalue weighted by Crippen LogP contribution is 2.19. The Kier molecular flexibility index (Phi) is 6.16. The van der Waals surface area contributed by atoms with Crippen molar-refractivity contribution in [1.29, 1.82) is 0 Å². The highest BCUT2D eigenvalue weighted by molar-refractivity contribution is 7.87. The molecule has 2 N–H and O–H groups in total. The van der Waals surface area contributed by atoms with E-state index in [9.17, 15) is 8.42 Å². The lowest BCUT2D eigenvalue weighted by molar-refractivity contribution is 0.243. The van der Waals surface area contributed by atoms with Crippen molar-refractivity contribution in [3.8, 4) is 0 Å². The number of aromatic nitrogens is 2. The fourth-order valence-electron chi connectivity index (χ4n) is 2.61. The largest absolute Gasteiger partial charge is 0.315 e. The molecular weight excluding hydrogens is 290 g/mol. The van der Waals surface area contributed by atoms with E-state index in [0.29, 0.717) is 19.6 Å². The molecular formula is C13H25N5O2S. The monoisotopic (exact) mass is 315 g/mol. The second kappa shape index (κ2) is 7.88. The lowest BCUT2D eigenvalue weighted by atomic mass is 10.1. The summed E-state index contributed by atoms with van der Waals surface area (Å²) in [5.41, 5.74) is 0. The van der Waals surface area contributed by atoms with E-state index in [-0.39, 0.29) is 6.04 Å². The van der Waals surface area contributed by atoms with Crippen molar-refractivity contribution in [2.75, 3.05) is 26.2 Å². The van der Waals surface area contributed by atoms with Crippen molar-refractivity contribution in [3.05, 3.63) is 18.5 Å². The summed E-state index contributed by atoms with van der Waals surface area (Å²) in [4.78, 5) is 0. The van der Waals surface area contributed by atoms with Crippen LogP contribution in [0.1, 0.15) is 26.2 Å². The van der Waals surface area contributed by atoms with Crippen molar-refractivity contribution in [2.24, 2.45) is 0 Å². The maximum absolute atomic E-state index is 12.4. The van der Waals surface area contributed by atoms with Crippen LogP contribution in [0.2, 0.25) is 0 Å². The van der Waals surface area contributed by atoms with Crippen LogP contribution in [0.3, 0.4) is 0 Å². The van der Waals surface area contributed by atoms with E-state index in [0.717, 1.165) is 32.4 Å². The molecule has 7 nitrogen and oxygen atoms in total. The molecule has 1 aliphatic rings. The topological polar surface area (TPSA) is 79.3 Å². The predicted molar refractivity (Wildman–Crippen MR) is 82.0 cm³/mol. The third-order valence-corrected chi connectivity index (χ3v) is 5.36. The van der Waals surface area contributed by atoms with Gasteiger partial charge in [0, 0.05) is 38.1 Å². The van der Waals surface area contributed by atoms with E-state index < -0.39 is 10.2 Å². The van der Waals surface area contributed by atoms with Crippen LogP contribution in [0.15, 0.2) is 18.5 Å². The van der Waals surface area contributed by atoms with Crippen LogP contribution >= 0.6 is 0 Å². The summed E-state index contributed by atoms with van der Waals surface area (Å²) in [7, 11) is -3.41. The summed E-state index contributed by atoms with van der Waals surface area (Å²) in [6.07, 6.45) is 6.46. The third-order valence-electron chi connectivity index (χ3n) is 3.70. The molecule has 0 bridgehead atoms. The molecule has 0 spiro atoms. The Morgan fingerprint density at radius 1 is 1.38 bits per heavy atom. The smallest absolute Gasteiger partial charge is 0.279 e. The van der Waals surface area contributed by atoms with Gasteiger partial charge in [0.1, 0.15) is 0 Å². The van der Waals surface area contributed by atoms with Crippen LogP contribution < -0.4 is 10.0 Å². The third kappa shape index (κ3) is 4.77. The van der Waals surface area contributed by atoms with E-state index >= 15 is 0 Å². The highest BCUT2D eigenvalue weighted by Gasteiger charge is 2.31. The Balaban J connectivity index is 1.89. The molecule has 1 saturated heterocycles. The summed E-state index contributed by atoms with van der Waals surface area (Å²) >= 11 is 0. The number of nitrogens with one attached hydrogen (secondary N) is 2. The van der Waals surface area contributed by atoms with E-state index in [1.54, 1.807) is 15.2 Å². The fraction of sp³-hybridized carbons (Fsp3) is 0.769. The normalized spacial score (nSPS) is 20.7. The Bertz CT molecular complexity index is 503. The average Bonchev–Trinajstić information content (AvgIpc) is 2.98. The van der Waals surface area contributed by atoms with Gasteiger partial charge >= 0.3 is 0 Å². The molecule has 0 aliphatic carbocycles. The summed E-state index contributed by atoms with van der Waals surface area (Å²) in [6, 6.07) is 1.88. The second-order valence-corrected chi connectivity index (χ2v) is 6.94. The van der Waals surface area contributed by atoms with Gasteiger partial charge in [0.2, 0.25) is 0 Å². The standard InChI is InChI=1S/C13H25N5O2S/c1-2-14-12-13-6-3-4-10-18(13)21(19,20)16-8-11-17-9-5-7-15-17/h5,7,9,13-14,16H,2-4,6,8,10-12H2,1H3. The minimum atomic E-state index is -3.41. The van der Waals surface area contributed by atoms with Crippen molar-refractivity contribution >= 4 is 10.2 Å². The predicted octanol–water partition coefficient (Wildman–Crippen LogP) is 0.182. The molecule has 0 amide bonds. The van der Waals surface area contributed by atoms with Gasteiger partial charge < -0.3 is 5.32 Å². The van der Waals surface area contributed by atoms with Crippen molar-refractivity contribution in [1.82, 2.24) is 24.1 Å². The van der Waals surface area contributed by atoms with Crippen LogP contribution in [-0.4, -0.2) is 54.7 Å². The zero-order valence-corrected chi connectivity index (χ0v) is 13.3. The average molecular weight is 315 g/mol. The van der Waals surface area contributed by atoms with E-state index in [4.69, 9.17) is 0 Å². The van der Waals surface area contributed by atoms with Gasteiger partial charge in [-0.3, -0.25) is 4.68 Å². The quantitative estimate of drug-likeness (QED) is 0.717. The zero-order valence-electron chi connectivity index (χ0n) is 12.5. The minimum Gasteiger partial charge on any atom is -0.315 e. The summed E-state index contributed by atoms with van der Waals surface area (Å²) in [5, 5.41) is 7.31. The number of rotatable bonds is 8. The van der Waals surface area contributed by atoms with Gasteiger partial charge in [-0.1, -0.05) is 13.3 Å². The molecule has 0 radical (unpaired) electrons. The molecule has 1 aliphatic heterocycles. The maximum Gasteiger partial charge on any atom is 0.279 e. The lowest BCUT2D eigenvalue weighted by Crippen LogP contribution is -2.52. The molecule has 0 saturated carbocycles. The first-order valence-corrected chi connectivity index (χ1v) is 9.02. The second-order valence-electron chi connectivity index (χ2n) is 5.24. The van der Waals surface area contributed by atoms with E-state index in [2.05, 4.69) is 15.1 Å². The molecule has 1 aromatic heterocycles. The van der Waals surface area contributed by atoms with Gasteiger partial charge in [-0.05, 0) is 25.5 Å². The van der Waals surface area contributed by atoms with Crippen LogP contribution in [0.5, 0.6) is 0 Å². The van der Waals surface area contributed by atoms with Gasteiger partial charge in [-0.15, -0.1) is 0 Å². The summed E-state index contributed by atoms with van der Waals surface area (Å²) in [6.45, 7) is 5.11. The number of nitrogens with zero attached hydrogens (tertiary/aromatic N) is 3. The first-order chi connectivity index (χ1) is 10.1. The molecule has 1 aromatic rings. The zero-order chi connectivity index (χ0) is 15.1. The highest BCUT2D eigenvalue weighted by atomic mass is 32.2. The van der Waals surface area contributed by atoms with Crippen LogP contribution in [0.25, 0.3) is 0 Å². The van der Waals surface area contributed by atoms with Crippen LogP contribution in [0.4, 0.5) is 0 Å². The number of hydrogen-bond acceptors (Lipinski definition) is 4. The molecule has 1 unspecified atom stereocenters. The Hall–Kier alpha value is -0.960. The Morgan fingerprint density at radius 2 is 2.24 bits per heavy atom. The van der Waals surface area contributed by atoms with Gasteiger partial charge in [-0.2, -0.15) is 17.8 Å². The summed E-state index contributed by atoms with van der Waals surface area (Å²) < 4.78 is 30.9. The molecule has 1 atom stereocenters. The van der Waals surface area contributed by atoms with Gasteiger partial charge in [0.25, 0.3) is 10.2 Å². The van der Waals surface area contributed by atoms with Crippen molar-refractivity contribution in [2.45, 2.75) is 38.8 Å². The van der Waals surface area contributed by atoms with E-state index in [1.165, 1.54) is 0 Å². The maximum atomic E-state index is 12.4. The van der Waals surface area contributed by atoms with Gasteiger partial charge in [0.05, 0.1) is 6.54 Å². The SMILES string of the molecule is CCNCC1CCCCN1S(=O)(=O)NCCn1cccn1. The van der Waals surface area contributed by atoms with Gasteiger partial charge in [0.15, 0.2) is 0 Å². The first kappa shape index (κ1) is 16.4. The molecule has 21 heavy (non-hydrogen) atoms. The fourth-order valence-corrected chi connectivity index (χ4v) is 4.07. The number of likely N-dealkylation sites (N-methyl/N-ethyl adjacent to an activating group) is 1. The lowest BCUT2D eigenvalue weighted by Gasteiger charge is -2.34. The van der Waals surface area contributed by atoms with Crippen LogP contribution in [-0.2, 0) is 16.8 Å². The molecule has 2 heterocycles. The minimum absolute atomic E-state index is 0.0564. The first-order valence-electron chi connectivity index (χ1n) is 7.58. The molecule has 2 rings (SSSR count). The van der Waals surface area contributed by atoms with Crippen molar-refractivity contribution < 1.29 is 8.42 Å². The Labute approximate surface area is 126 Å². The van der Waals surface area contributed by atoms with Crippen molar-refractivity contribution in [3.63, 3.8) is 0 Å². The number of hydrogen-bond donors (Lipinski definition) is 2. The molecule has 8 heteroatoms.